The molecule has 0 unspecified atom stereocenters. The van der Waals surface area contributed by atoms with Crippen molar-refractivity contribution in [2.45, 2.75) is 0 Å². The molecular formula is C15H9Cl2FN2O. The number of rotatable bonds is 2. The van der Waals surface area contributed by atoms with Crippen molar-refractivity contribution in [3.05, 3.63) is 58.3 Å². The van der Waals surface area contributed by atoms with Crippen LogP contribution in [-0.2, 0) is 0 Å². The van der Waals surface area contributed by atoms with Gasteiger partial charge in [-0.3, -0.25) is 0 Å². The van der Waals surface area contributed by atoms with Gasteiger partial charge in [0, 0.05) is 16.1 Å². The van der Waals surface area contributed by atoms with E-state index in [2.05, 4.69) is 5.16 Å². The molecule has 6 heteroatoms. The fourth-order valence-electron chi connectivity index (χ4n) is 2.09. The Bertz CT molecular complexity index is 817. The second-order valence-electron chi connectivity index (χ2n) is 4.38. The fraction of sp³-hybridized carbons (Fsp3) is 0. The van der Waals surface area contributed by atoms with Crippen LogP contribution < -0.4 is 5.73 Å². The molecule has 0 bridgehead atoms. The number of aromatic nitrogens is 1. The zero-order chi connectivity index (χ0) is 15.0. The van der Waals surface area contributed by atoms with E-state index >= 15 is 0 Å². The minimum Gasteiger partial charge on any atom is -0.367 e. The molecule has 0 atom stereocenters. The Morgan fingerprint density at radius 2 is 1.86 bits per heavy atom. The van der Waals surface area contributed by atoms with Crippen LogP contribution in [0.5, 0.6) is 0 Å². The average Bonchev–Trinajstić information content (AvgIpc) is 2.84. The molecular weight excluding hydrogens is 314 g/mol. The summed E-state index contributed by atoms with van der Waals surface area (Å²) in [5, 5.41) is 4.44. The highest BCUT2D eigenvalue weighted by atomic mass is 35.5. The van der Waals surface area contributed by atoms with Crippen LogP contribution in [0.25, 0.3) is 22.4 Å². The van der Waals surface area contributed by atoms with Crippen LogP contribution in [0.2, 0.25) is 10.0 Å². The monoisotopic (exact) mass is 322 g/mol. The van der Waals surface area contributed by atoms with Gasteiger partial charge in [0.1, 0.15) is 11.5 Å². The topological polar surface area (TPSA) is 52.0 Å². The van der Waals surface area contributed by atoms with Crippen molar-refractivity contribution in [3.8, 4) is 22.4 Å². The third kappa shape index (κ3) is 2.48. The van der Waals surface area contributed by atoms with Crippen LogP contribution in [0.3, 0.4) is 0 Å². The van der Waals surface area contributed by atoms with E-state index in [1.54, 1.807) is 36.4 Å². The Balaban J connectivity index is 2.25. The summed E-state index contributed by atoms with van der Waals surface area (Å²) in [4.78, 5) is 0. The summed E-state index contributed by atoms with van der Waals surface area (Å²) >= 11 is 11.8. The van der Waals surface area contributed by atoms with Crippen molar-refractivity contribution in [3.63, 3.8) is 0 Å². The van der Waals surface area contributed by atoms with Crippen LogP contribution in [0, 0.1) is 5.82 Å². The first-order chi connectivity index (χ1) is 10.1. The molecule has 0 fully saturated rings. The summed E-state index contributed by atoms with van der Waals surface area (Å²) in [6, 6.07) is 11.6. The van der Waals surface area contributed by atoms with Gasteiger partial charge < -0.3 is 10.3 Å². The van der Waals surface area contributed by atoms with E-state index in [-0.39, 0.29) is 16.5 Å². The van der Waals surface area contributed by atoms with Gasteiger partial charge in [0.15, 0.2) is 0 Å². The molecule has 1 heterocycles. The number of halogens is 3. The summed E-state index contributed by atoms with van der Waals surface area (Å²) in [5.74, 6) is -0.552. The maximum absolute atomic E-state index is 14.2. The highest BCUT2D eigenvalue weighted by Crippen LogP contribution is 2.39. The first-order valence-electron chi connectivity index (χ1n) is 6.03. The van der Waals surface area contributed by atoms with Crippen molar-refractivity contribution < 1.29 is 8.91 Å². The van der Waals surface area contributed by atoms with Gasteiger partial charge in [-0.1, -0.05) is 52.6 Å². The lowest BCUT2D eigenvalue weighted by Gasteiger charge is -2.05. The van der Waals surface area contributed by atoms with Gasteiger partial charge in [-0.2, -0.15) is 0 Å². The average molecular weight is 323 g/mol. The molecule has 3 nitrogen and oxygen atoms in total. The van der Waals surface area contributed by atoms with Crippen molar-refractivity contribution >= 4 is 29.1 Å². The van der Waals surface area contributed by atoms with Crippen LogP contribution in [0.1, 0.15) is 0 Å². The Morgan fingerprint density at radius 3 is 2.62 bits per heavy atom. The summed E-state index contributed by atoms with van der Waals surface area (Å²) in [6.07, 6.45) is 0. The third-order valence-electron chi connectivity index (χ3n) is 3.04. The number of nitrogen functional groups attached to an aromatic ring is 1. The number of anilines is 1. The van der Waals surface area contributed by atoms with E-state index in [1.165, 1.54) is 6.07 Å². The second kappa shape index (κ2) is 5.39. The summed E-state index contributed by atoms with van der Waals surface area (Å²) in [6.45, 7) is 0. The predicted octanol–water partition coefficient (Wildman–Crippen LogP) is 5.04. The number of nitrogens with zero attached hydrogens (tertiary/aromatic N) is 1. The third-order valence-corrected chi connectivity index (χ3v) is 3.56. The Labute approximate surface area is 130 Å². The molecule has 1 aromatic heterocycles. The lowest BCUT2D eigenvalue weighted by Crippen LogP contribution is -1.91. The fourth-order valence-corrected chi connectivity index (χ4v) is 2.46. The molecule has 0 aliphatic carbocycles. The standard InChI is InChI=1S/C15H9Cl2FN2O/c16-9-4-1-3-8(7-9)14-12(15(19)21-20-14)10-5-2-6-11(17)13(10)18/h1-7H,19H2. The molecule has 21 heavy (non-hydrogen) atoms. The maximum atomic E-state index is 14.2. The zero-order valence-corrected chi connectivity index (χ0v) is 12.1. The Morgan fingerprint density at radius 1 is 1.10 bits per heavy atom. The molecule has 2 aromatic carbocycles. The predicted molar refractivity (Wildman–Crippen MR) is 81.8 cm³/mol. The van der Waals surface area contributed by atoms with Crippen molar-refractivity contribution in [1.82, 2.24) is 5.16 Å². The van der Waals surface area contributed by atoms with Crippen molar-refractivity contribution in [2.24, 2.45) is 0 Å². The highest BCUT2D eigenvalue weighted by Gasteiger charge is 2.21. The van der Waals surface area contributed by atoms with Gasteiger partial charge in [0.2, 0.25) is 5.88 Å². The second-order valence-corrected chi connectivity index (χ2v) is 5.23. The van der Waals surface area contributed by atoms with E-state index in [1.807, 2.05) is 0 Å². The van der Waals surface area contributed by atoms with Crippen molar-refractivity contribution in [1.29, 1.82) is 0 Å². The molecule has 0 spiro atoms. The molecule has 0 aliphatic heterocycles. The number of nitrogens with two attached hydrogens (primary N) is 1. The van der Waals surface area contributed by atoms with Crippen LogP contribution >= 0.6 is 23.2 Å². The molecule has 2 N–H and O–H groups in total. The smallest absolute Gasteiger partial charge is 0.230 e. The van der Waals surface area contributed by atoms with Gasteiger partial charge in [-0.25, -0.2) is 4.39 Å². The van der Waals surface area contributed by atoms with E-state index in [4.69, 9.17) is 33.5 Å². The Hall–Kier alpha value is -2.04. The van der Waals surface area contributed by atoms with Gasteiger partial charge >= 0.3 is 0 Å². The minimum atomic E-state index is -0.572. The van der Waals surface area contributed by atoms with Crippen LogP contribution in [0.4, 0.5) is 10.3 Å². The summed E-state index contributed by atoms with van der Waals surface area (Å²) in [7, 11) is 0. The van der Waals surface area contributed by atoms with Gasteiger partial charge in [-0.15, -0.1) is 0 Å². The molecule has 0 saturated heterocycles. The summed E-state index contributed by atoms with van der Waals surface area (Å²) in [5.41, 5.74) is 7.48. The number of hydrogen-bond acceptors (Lipinski definition) is 3. The van der Waals surface area contributed by atoms with E-state index < -0.39 is 5.82 Å². The summed E-state index contributed by atoms with van der Waals surface area (Å²) < 4.78 is 19.3. The maximum Gasteiger partial charge on any atom is 0.230 e. The van der Waals surface area contributed by atoms with Gasteiger partial charge in [-0.05, 0) is 18.2 Å². The zero-order valence-electron chi connectivity index (χ0n) is 10.6. The first-order valence-corrected chi connectivity index (χ1v) is 6.79. The van der Waals surface area contributed by atoms with Crippen LogP contribution in [-0.4, -0.2) is 5.16 Å². The molecule has 0 aliphatic rings. The van der Waals surface area contributed by atoms with Crippen molar-refractivity contribution in [2.75, 3.05) is 5.73 Å². The van der Waals surface area contributed by atoms with E-state index in [0.29, 0.717) is 21.8 Å². The van der Waals surface area contributed by atoms with Gasteiger partial charge in [0.25, 0.3) is 0 Å². The highest BCUT2D eigenvalue weighted by molar-refractivity contribution is 6.31. The molecule has 106 valence electrons. The van der Waals surface area contributed by atoms with Crippen LogP contribution in [0.15, 0.2) is 47.0 Å². The van der Waals surface area contributed by atoms with E-state index in [9.17, 15) is 4.39 Å². The number of hydrogen-bond donors (Lipinski definition) is 1. The first kappa shape index (κ1) is 13.9. The van der Waals surface area contributed by atoms with Gasteiger partial charge in [0.05, 0.1) is 10.6 Å². The minimum absolute atomic E-state index is 0.00476. The SMILES string of the molecule is Nc1onc(-c2cccc(Cl)c2)c1-c1cccc(Cl)c1F. The largest absolute Gasteiger partial charge is 0.367 e. The normalized spacial score (nSPS) is 10.8. The molecule has 3 rings (SSSR count). The quantitative estimate of drug-likeness (QED) is 0.719. The lowest BCUT2D eigenvalue weighted by molar-refractivity contribution is 0.439. The lowest BCUT2D eigenvalue weighted by atomic mass is 10.0. The molecule has 0 amide bonds. The Kier molecular flexibility index (Phi) is 3.57. The van der Waals surface area contributed by atoms with E-state index in [0.717, 1.165) is 0 Å². The molecule has 0 saturated carbocycles. The number of benzene rings is 2. The molecule has 3 aromatic rings. The molecule has 0 radical (unpaired) electrons.